The molecule has 1 aliphatic heterocycles. The Hall–Kier alpha value is -3.64. The van der Waals surface area contributed by atoms with E-state index in [0.717, 1.165) is 18.2 Å². The third-order valence-electron chi connectivity index (χ3n) is 5.32. The van der Waals surface area contributed by atoms with Gasteiger partial charge in [-0.05, 0) is 57.2 Å². The van der Waals surface area contributed by atoms with E-state index in [1.165, 1.54) is 26.1 Å². The van der Waals surface area contributed by atoms with Gasteiger partial charge in [0.2, 0.25) is 11.7 Å². The molecule has 194 valence electrons. The molecule has 13 heteroatoms. The van der Waals surface area contributed by atoms with Gasteiger partial charge in [0, 0.05) is 23.3 Å². The molecule has 2 N–H and O–H groups in total. The number of ketones is 1. The monoisotopic (exact) mass is 552 g/mol. The van der Waals surface area contributed by atoms with Crippen LogP contribution in [0.25, 0.3) is 11.3 Å². The van der Waals surface area contributed by atoms with Gasteiger partial charge in [-0.1, -0.05) is 11.6 Å². The van der Waals surface area contributed by atoms with E-state index in [-0.39, 0.29) is 33.6 Å². The molecule has 1 aromatic heterocycles. The quantitative estimate of drug-likeness (QED) is 0.423. The Bertz CT molecular complexity index is 1560. The van der Waals surface area contributed by atoms with Crippen LogP contribution in [0, 0.1) is 17.5 Å². The summed E-state index contributed by atoms with van der Waals surface area (Å²) in [7, 11) is -4.78. The lowest BCUT2D eigenvalue weighted by atomic mass is 9.92. The number of nitrogens with one attached hydrogen (secondary N) is 2. The van der Waals surface area contributed by atoms with Crippen LogP contribution in [-0.2, 0) is 19.6 Å². The van der Waals surface area contributed by atoms with Crippen LogP contribution in [0.15, 0.2) is 47.5 Å². The molecule has 3 aromatic rings. The van der Waals surface area contributed by atoms with Crippen molar-refractivity contribution < 1.29 is 31.1 Å². The molecule has 0 aliphatic carbocycles. The number of Topliss-reactive ketones (excluding diaryl/α,β-unsaturated/α-hetero) is 1. The fraction of sp³-hybridized carbons (Fsp3) is 0.208. The molecule has 8 nitrogen and oxygen atoms in total. The van der Waals surface area contributed by atoms with E-state index in [1.54, 1.807) is 0 Å². The van der Waals surface area contributed by atoms with Crippen LogP contribution in [0.1, 0.15) is 32.0 Å². The van der Waals surface area contributed by atoms with Crippen molar-refractivity contribution >= 4 is 50.4 Å². The minimum Gasteiger partial charge on any atom is -0.477 e. The number of hydrogen-bond acceptors (Lipinski definition) is 7. The van der Waals surface area contributed by atoms with Crippen molar-refractivity contribution in [2.45, 2.75) is 31.3 Å². The number of anilines is 2. The number of ether oxygens (including phenoxy) is 1. The molecule has 2 heterocycles. The van der Waals surface area contributed by atoms with E-state index in [0.29, 0.717) is 18.7 Å². The molecule has 0 spiro atoms. The molecule has 0 saturated carbocycles. The Kier molecular flexibility index (Phi) is 6.91. The van der Waals surface area contributed by atoms with E-state index < -0.39 is 49.4 Å². The predicted molar refractivity (Wildman–Crippen MR) is 132 cm³/mol. The summed E-state index contributed by atoms with van der Waals surface area (Å²) < 4.78 is 76.8. The second kappa shape index (κ2) is 9.67. The number of sulfonamides is 1. The van der Waals surface area contributed by atoms with Gasteiger partial charge in [-0.2, -0.15) is 0 Å². The van der Waals surface area contributed by atoms with Crippen LogP contribution in [0.2, 0.25) is 5.02 Å². The van der Waals surface area contributed by atoms with Gasteiger partial charge in [-0.3, -0.25) is 9.52 Å². The van der Waals surface area contributed by atoms with E-state index in [1.807, 2.05) is 11.6 Å². The Labute approximate surface area is 215 Å². The summed E-state index contributed by atoms with van der Waals surface area (Å²) in [5.41, 5.74) is -2.54. The third-order valence-corrected chi connectivity index (χ3v) is 6.91. The van der Waals surface area contributed by atoms with Crippen molar-refractivity contribution in [3.8, 4) is 0 Å². The summed E-state index contributed by atoms with van der Waals surface area (Å²) in [6.07, 6.45) is 1.42. The van der Waals surface area contributed by atoms with Gasteiger partial charge >= 0.3 is 0 Å². The Balaban J connectivity index is 1.87. The van der Waals surface area contributed by atoms with Gasteiger partial charge in [0.25, 0.3) is 10.0 Å². The highest BCUT2D eigenvalue weighted by Crippen LogP contribution is 2.43. The summed E-state index contributed by atoms with van der Waals surface area (Å²) >= 11 is 6.16. The predicted octanol–water partition coefficient (Wildman–Crippen LogP) is 5.03. The summed E-state index contributed by atoms with van der Waals surface area (Å²) in [5, 5.41) is 2.78. The van der Waals surface area contributed by atoms with Crippen LogP contribution < -0.4 is 10.0 Å². The largest absolute Gasteiger partial charge is 0.477 e. The summed E-state index contributed by atoms with van der Waals surface area (Å²) in [4.78, 5) is 20.6. The number of hydrogen-bond donors (Lipinski definition) is 2. The first-order valence-electron chi connectivity index (χ1n) is 10.9. The molecule has 2 aromatic carbocycles. The van der Waals surface area contributed by atoms with E-state index in [2.05, 4.69) is 15.3 Å². The van der Waals surface area contributed by atoms with Gasteiger partial charge in [0.15, 0.2) is 17.2 Å². The van der Waals surface area contributed by atoms with E-state index >= 15 is 4.39 Å². The van der Waals surface area contributed by atoms with Crippen molar-refractivity contribution in [1.82, 2.24) is 9.97 Å². The lowest BCUT2D eigenvalue weighted by molar-refractivity contribution is -0.125. The molecule has 0 fully saturated rings. The first-order chi connectivity index (χ1) is 17.3. The average molecular weight is 553 g/mol. The van der Waals surface area contributed by atoms with Crippen molar-refractivity contribution in [2.24, 2.45) is 0 Å². The van der Waals surface area contributed by atoms with E-state index in [4.69, 9.17) is 16.3 Å². The maximum absolute atomic E-state index is 15.8. The zero-order chi connectivity index (χ0) is 27.1. The highest BCUT2D eigenvalue weighted by Gasteiger charge is 2.44. The maximum atomic E-state index is 15.8. The zero-order valence-electron chi connectivity index (χ0n) is 19.7. The number of halogens is 4. The van der Waals surface area contributed by atoms with Crippen molar-refractivity contribution in [1.29, 1.82) is 0 Å². The van der Waals surface area contributed by atoms with Gasteiger partial charge in [0.1, 0.15) is 22.2 Å². The van der Waals surface area contributed by atoms with Gasteiger partial charge in [0.05, 0.1) is 11.3 Å². The molecule has 4 rings (SSSR count). The van der Waals surface area contributed by atoms with Crippen molar-refractivity contribution in [2.75, 3.05) is 16.6 Å². The normalized spacial score (nSPS) is 15.1. The molecule has 0 radical (unpaired) electrons. The van der Waals surface area contributed by atoms with Crippen LogP contribution in [0.4, 0.5) is 24.8 Å². The summed E-state index contributed by atoms with van der Waals surface area (Å²) in [6.45, 7) is 5.30. The first kappa shape index (κ1) is 26.4. The fourth-order valence-electron chi connectivity index (χ4n) is 3.64. The average Bonchev–Trinajstić information content (AvgIpc) is 3.06. The van der Waals surface area contributed by atoms with Gasteiger partial charge in [-0.15, -0.1) is 0 Å². The molecule has 0 unspecified atom stereocenters. The molecular weight excluding hydrogens is 533 g/mol. The summed E-state index contributed by atoms with van der Waals surface area (Å²) in [5.74, 6) is -3.89. The Morgan fingerprint density at radius 3 is 2.54 bits per heavy atom. The SMILES string of the molecule is CCNc1nccc(C2=C(c3cc(Cl)cc(NS(=O)(=O)c4cc(F)ccc4F)c3F)C(=O)C(C)(C)O2)n1. The molecule has 1 aliphatic rings. The first-order valence-corrected chi connectivity index (χ1v) is 12.7. The minimum atomic E-state index is -4.78. The Morgan fingerprint density at radius 1 is 1.11 bits per heavy atom. The second-order valence-corrected chi connectivity index (χ2v) is 10.5. The molecule has 0 saturated heterocycles. The molecule has 0 atom stereocenters. The Morgan fingerprint density at radius 2 is 1.84 bits per heavy atom. The van der Waals surface area contributed by atoms with Gasteiger partial charge < -0.3 is 10.1 Å². The number of carbonyl (C=O) groups is 1. The molecule has 0 bridgehead atoms. The maximum Gasteiger partial charge on any atom is 0.265 e. The number of benzene rings is 2. The number of carbonyl (C=O) groups excluding carboxylic acids is 1. The van der Waals surface area contributed by atoms with Crippen LogP contribution in [0.3, 0.4) is 0 Å². The molecule has 37 heavy (non-hydrogen) atoms. The molecule has 0 amide bonds. The molecular formula is C24H20ClF3N4O4S. The standard InChI is InChI=1S/C24H20ClF3N4O4S/c1-4-29-23-30-8-7-16(31-23)21-19(22(33)24(2,3)36-21)14-9-12(25)10-17(20(14)28)32-37(34,35)18-11-13(26)5-6-15(18)27/h5-11,32H,4H2,1-3H3,(H,29,30,31). The number of rotatable bonds is 7. The van der Waals surface area contributed by atoms with E-state index in [9.17, 15) is 22.0 Å². The fourth-order valence-corrected chi connectivity index (χ4v) is 5.00. The smallest absolute Gasteiger partial charge is 0.265 e. The zero-order valence-corrected chi connectivity index (χ0v) is 21.3. The highest BCUT2D eigenvalue weighted by atomic mass is 35.5. The van der Waals surface area contributed by atoms with Crippen LogP contribution in [-0.4, -0.2) is 36.3 Å². The van der Waals surface area contributed by atoms with Gasteiger partial charge in [-0.25, -0.2) is 31.6 Å². The lowest BCUT2D eigenvalue weighted by Crippen LogP contribution is -2.29. The van der Waals surface area contributed by atoms with Crippen LogP contribution in [0.5, 0.6) is 0 Å². The second-order valence-electron chi connectivity index (χ2n) is 8.44. The number of nitrogens with zero attached hydrogens (tertiary/aromatic N) is 2. The third kappa shape index (κ3) is 5.12. The topological polar surface area (TPSA) is 110 Å². The number of aromatic nitrogens is 2. The summed E-state index contributed by atoms with van der Waals surface area (Å²) in [6, 6.07) is 5.35. The van der Waals surface area contributed by atoms with Crippen molar-refractivity contribution in [3.05, 3.63) is 76.3 Å². The lowest BCUT2D eigenvalue weighted by Gasteiger charge is -2.17. The van der Waals surface area contributed by atoms with Crippen molar-refractivity contribution in [3.63, 3.8) is 0 Å². The van der Waals surface area contributed by atoms with Crippen LogP contribution >= 0.6 is 11.6 Å². The minimum absolute atomic E-state index is 0.0669. The highest BCUT2D eigenvalue weighted by molar-refractivity contribution is 7.92.